The van der Waals surface area contributed by atoms with Gasteiger partial charge in [0.25, 0.3) is 0 Å². The van der Waals surface area contributed by atoms with Gasteiger partial charge in [0.05, 0.1) is 5.39 Å². The Labute approximate surface area is 282 Å². The van der Waals surface area contributed by atoms with Crippen molar-refractivity contribution in [2.24, 2.45) is 0 Å². The van der Waals surface area contributed by atoms with E-state index in [1.54, 1.807) is 0 Å². The first-order valence-electron chi connectivity index (χ1n) is 15.8. The summed E-state index contributed by atoms with van der Waals surface area (Å²) in [6, 6.07) is 36.9. The molecule has 1 aromatic heterocycles. The highest BCUT2D eigenvalue weighted by Crippen LogP contribution is 2.61. The quantitative estimate of drug-likeness (QED) is 0.0562. The van der Waals surface area contributed by atoms with Crippen LogP contribution in [-0.2, 0) is 0 Å². The van der Waals surface area contributed by atoms with Crippen molar-refractivity contribution >= 4 is 54.3 Å². The summed E-state index contributed by atoms with van der Waals surface area (Å²) in [7, 11) is 0. The molecule has 1 heterocycles. The SMILES string of the molecule is Oc1c(O)c(O)c2c(-c3c4ccccc4c(-c4cc(-c5ccccc5)cc5oc6ccccc6c45)c4ccccc34)c(O)c(O)c(O)c2c1O. The van der Waals surface area contributed by atoms with Crippen molar-refractivity contribution in [3.63, 3.8) is 0 Å². The zero-order chi connectivity index (χ0) is 34.4. The number of para-hydroxylation sites is 1. The van der Waals surface area contributed by atoms with E-state index in [9.17, 15) is 35.7 Å². The van der Waals surface area contributed by atoms with Crippen LogP contribution in [0.2, 0.25) is 0 Å². The fourth-order valence-electron chi connectivity index (χ4n) is 7.42. The molecule has 8 aromatic carbocycles. The highest BCUT2D eigenvalue weighted by molar-refractivity contribution is 6.29. The molecule has 9 rings (SSSR count). The molecule has 50 heavy (non-hydrogen) atoms. The molecule has 0 aliphatic rings. The molecule has 0 spiro atoms. The van der Waals surface area contributed by atoms with Gasteiger partial charge in [-0.25, -0.2) is 0 Å². The Bertz CT molecular complexity index is 2820. The molecular weight excluding hydrogens is 632 g/mol. The fourth-order valence-corrected chi connectivity index (χ4v) is 7.42. The predicted octanol–water partition coefficient (Wildman–Crippen LogP) is 9.99. The number of hydrogen-bond donors (Lipinski definition) is 7. The van der Waals surface area contributed by atoms with Crippen LogP contribution in [-0.4, -0.2) is 35.7 Å². The molecule has 8 heteroatoms. The smallest absolute Gasteiger partial charge is 0.205 e. The summed E-state index contributed by atoms with van der Waals surface area (Å²) in [6.07, 6.45) is 0. The summed E-state index contributed by atoms with van der Waals surface area (Å²) >= 11 is 0. The van der Waals surface area contributed by atoms with Gasteiger partial charge in [-0.05, 0) is 62.0 Å². The molecule has 0 fully saturated rings. The van der Waals surface area contributed by atoms with Gasteiger partial charge >= 0.3 is 0 Å². The lowest BCUT2D eigenvalue weighted by Crippen LogP contribution is -1.94. The number of phenols is 7. The number of rotatable bonds is 3. The molecule has 9 aromatic rings. The predicted molar refractivity (Wildman–Crippen MR) is 194 cm³/mol. The van der Waals surface area contributed by atoms with Gasteiger partial charge in [-0.1, -0.05) is 97.1 Å². The van der Waals surface area contributed by atoms with Crippen LogP contribution in [0, 0.1) is 0 Å². The molecule has 0 aliphatic heterocycles. The zero-order valence-electron chi connectivity index (χ0n) is 26.0. The van der Waals surface area contributed by atoms with Crippen molar-refractivity contribution in [2.75, 3.05) is 0 Å². The van der Waals surface area contributed by atoms with Gasteiger partial charge in [0, 0.05) is 27.3 Å². The van der Waals surface area contributed by atoms with Crippen LogP contribution in [0.5, 0.6) is 40.2 Å². The Morgan fingerprint density at radius 2 is 0.800 bits per heavy atom. The number of phenolic OH excluding ortho intramolecular Hbond substituents is 7. The first-order valence-corrected chi connectivity index (χ1v) is 15.8. The number of furan rings is 1. The Hall–Kier alpha value is -7.06. The molecule has 7 N–H and O–H groups in total. The van der Waals surface area contributed by atoms with E-state index in [4.69, 9.17) is 4.42 Å². The van der Waals surface area contributed by atoms with Gasteiger partial charge in [-0.3, -0.25) is 0 Å². The van der Waals surface area contributed by atoms with E-state index in [0.717, 1.165) is 49.4 Å². The molecule has 0 saturated carbocycles. The minimum atomic E-state index is -1.10. The van der Waals surface area contributed by atoms with Crippen molar-refractivity contribution in [3.05, 3.63) is 115 Å². The topological polar surface area (TPSA) is 155 Å². The molecular formula is C42H26O8. The van der Waals surface area contributed by atoms with E-state index in [1.807, 2.05) is 109 Å². The van der Waals surface area contributed by atoms with Crippen LogP contribution >= 0.6 is 0 Å². The third kappa shape index (κ3) is 3.87. The van der Waals surface area contributed by atoms with Crippen molar-refractivity contribution in [2.45, 2.75) is 0 Å². The number of aromatic hydroxyl groups is 7. The van der Waals surface area contributed by atoms with Gasteiger partial charge < -0.3 is 40.2 Å². The zero-order valence-corrected chi connectivity index (χ0v) is 26.0. The summed E-state index contributed by atoms with van der Waals surface area (Å²) in [5.41, 5.74) is 5.27. The fraction of sp³-hybridized carbons (Fsp3) is 0. The summed E-state index contributed by atoms with van der Waals surface area (Å²) in [5, 5.41) is 80.0. The second-order valence-electron chi connectivity index (χ2n) is 12.3. The summed E-state index contributed by atoms with van der Waals surface area (Å²) in [4.78, 5) is 0. The molecule has 0 bridgehead atoms. The lowest BCUT2D eigenvalue weighted by atomic mass is 9.82. The second kappa shape index (κ2) is 10.5. The largest absolute Gasteiger partial charge is 0.504 e. The van der Waals surface area contributed by atoms with Crippen LogP contribution in [0.15, 0.2) is 120 Å². The molecule has 0 atom stereocenters. The summed E-state index contributed by atoms with van der Waals surface area (Å²) < 4.78 is 6.45. The van der Waals surface area contributed by atoms with E-state index < -0.39 is 45.6 Å². The van der Waals surface area contributed by atoms with E-state index in [0.29, 0.717) is 21.9 Å². The maximum absolute atomic E-state index is 11.5. The van der Waals surface area contributed by atoms with Crippen LogP contribution in [0.4, 0.5) is 0 Å². The van der Waals surface area contributed by atoms with Crippen molar-refractivity contribution < 1.29 is 40.2 Å². The minimum absolute atomic E-state index is 0.172. The number of hydrogen-bond acceptors (Lipinski definition) is 8. The third-order valence-electron chi connectivity index (χ3n) is 9.61. The van der Waals surface area contributed by atoms with E-state index in [-0.39, 0.29) is 10.9 Å². The Morgan fingerprint density at radius 1 is 0.320 bits per heavy atom. The maximum Gasteiger partial charge on any atom is 0.205 e. The summed E-state index contributed by atoms with van der Waals surface area (Å²) in [6.45, 7) is 0. The molecule has 0 radical (unpaired) electrons. The Kier molecular flexibility index (Phi) is 6.09. The highest BCUT2D eigenvalue weighted by Gasteiger charge is 2.31. The standard InChI is InChI=1S/C42H26O8/c43-36-33(34-35(38(45)40(36)47)39(46)42(49)41(48)37(34)44)32-24-14-6-4-12-22(24)30(23-13-5-7-15-25(23)32)27-18-21(20-10-2-1-3-11-20)19-29-31(27)26-16-8-9-17-28(26)50-29/h1-19,43-49H. The molecule has 0 unspecified atom stereocenters. The highest BCUT2D eigenvalue weighted by atomic mass is 16.4. The lowest BCUT2D eigenvalue weighted by Gasteiger charge is -2.22. The average Bonchev–Trinajstić information content (AvgIpc) is 3.53. The second-order valence-corrected chi connectivity index (χ2v) is 12.3. The maximum atomic E-state index is 11.5. The average molecular weight is 659 g/mol. The van der Waals surface area contributed by atoms with Crippen LogP contribution in [0.3, 0.4) is 0 Å². The van der Waals surface area contributed by atoms with Crippen LogP contribution < -0.4 is 0 Å². The monoisotopic (exact) mass is 658 g/mol. The van der Waals surface area contributed by atoms with E-state index >= 15 is 0 Å². The van der Waals surface area contributed by atoms with Crippen molar-refractivity contribution in [1.29, 1.82) is 0 Å². The first kappa shape index (κ1) is 29.1. The number of benzene rings is 8. The Balaban J connectivity index is 1.51. The normalized spacial score (nSPS) is 11.8. The van der Waals surface area contributed by atoms with Crippen LogP contribution in [0.1, 0.15) is 0 Å². The molecule has 0 amide bonds. The van der Waals surface area contributed by atoms with E-state index in [2.05, 4.69) is 6.07 Å². The lowest BCUT2D eigenvalue weighted by molar-refractivity contribution is 0.347. The Morgan fingerprint density at radius 3 is 1.40 bits per heavy atom. The molecule has 0 saturated heterocycles. The number of fused-ring (bicyclic) bond motifs is 6. The van der Waals surface area contributed by atoms with Gasteiger partial charge in [0.15, 0.2) is 23.0 Å². The van der Waals surface area contributed by atoms with Crippen LogP contribution in [0.25, 0.3) is 87.6 Å². The van der Waals surface area contributed by atoms with E-state index in [1.165, 1.54) is 0 Å². The molecule has 8 nitrogen and oxygen atoms in total. The van der Waals surface area contributed by atoms with Crippen molar-refractivity contribution in [3.8, 4) is 73.6 Å². The molecule has 242 valence electrons. The van der Waals surface area contributed by atoms with Gasteiger partial charge in [-0.15, -0.1) is 0 Å². The molecule has 0 aliphatic carbocycles. The van der Waals surface area contributed by atoms with Gasteiger partial charge in [-0.2, -0.15) is 0 Å². The van der Waals surface area contributed by atoms with Gasteiger partial charge in [0.2, 0.25) is 17.2 Å². The van der Waals surface area contributed by atoms with Crippen molar-refractivity contribution in [1.82, 2.24) is 0 Å². The first-order chi connectivity index (χ1) is 24.3. The van der Waals surface area contributed by atoms with Gasteiger partial charge in [0.1, 0.15) is 11.2 Å². The minimum Gasteiger partial charge on any atom is -0.504 e. The third-order valence-corrected chi connectivity index (χ3v) is 9.61. The summed E-state index contributed by atoms with van der Waals surface area (Å²) in [5.74, 6) is -6.81.